The molecule has 0 radical (unpaired) electrons. The van der Waals surface area contributed by atoms with Crippen molar-refractivity contribution >= 4 is 10.8 Å². The Morgan fingerprint density at radius 2 is 1.77 bits per heavy atom. The van der Waals surface area contributed by atoms with E-state index in [0.717, 1.165) is 37.3 Å². The van der Waals surface area contributed by atoms with Crippen molar-refractivity contribution in [1.82, 2.24) is 5.32 Å². The van der Waals surface area contributed by atoms with Crippen LogP contribution in [0.1, 0.15) is 36.8 Å². The molecular weight excluding hydrogens is 374 g/mol. The Morgan fingerprint density at radius 3 is 2.57 bits per heavy atom. The highest BCUT2D eigenvalue weighted by Crippen LogP contribution is 2.49. The minimum absolute atomic E-state index is 0.183. The molecule has 3 aromatic carbocycles. The second-order valence-electron chi connectivity index (χ2n) is 8.44. The van der Waals surface area contributed by atoms with Gasteiger partial charge in [0, 0.05) is 12.1 Å². The van der Waals surface area contributed by atoms with E-state index in [1.807, 2.05) is 6.07 Å². The average molecular weight is 404 g/mol. The van der Waals surface area contributed by atoms with Gasteiger partial charge >= 0.3 is 0 Å². The Morgan fingerprint density at radius 1 is 0.967 bits per heavy atom. The highest BCUT2D eigenvalue weighted by molar-refractivity contribution is 5.85. The van der Waals surface area contributed by atoms with Crippen LogP contribution in [0.5, 0.6) is 17.2 Å². The zero-order valence-corrected chi connectivity index (χ0v) is 17.7. The number of hydrogen-bond acceptors (Lipinski definition) is 4. The van der Waals surface area contributed by atoms with Crippen molar-refractivity contribution in [2.24, 2.45) is 0 Å². The Balaban J connectivity index is 1.46. The minimum atomic E-state index is -0.183. The lowest BCUT2D eigenvalue weighted by Gasteiger charge is -2.43. The first-order chi connectivity index (χ1) is 14.7. The van der Waals surface area contributed by atoms with E-state index >= 15 is 0 Å². The number of benzene rings is 3. The van der Waals surface area contributed by atoms with Crippen molar-refractivity contribution < 1.29 is 14.2 Å². The van der Waals surface area contributed by atoms with E-state index in [1.54, 1.807) is 14.2 Å². The van der Waals surface area contributed by atoms with E-state index in [1.165, 1.54) is 34.7 Å². The van der Waals surface area contributed by atoms with Crippen molar-refractivity contribution in [2.75, 3.05) is 14.2 Å². The molecule has 1 saturated carbocycles. The molecule has 156 valence electrons. The van der Waals surface area contributed by atoms with Crippen molar-refractivity contribution in [3.05, 3.63) is 65.7 Å². The van der Waals surface area contributed by atoms with Gasteiger partial charge in [0.05, 0.1) is 20.3 Å². The van der Waals surface area contributed by atoms with Crippen LogP contribution in [0.25, 0.3) is 10.8 Å². The first-order valence-electron chi connectivity index (χ1n) is 10.9. The van der Waals surface area contributed by atoms with Gasteiger partial charge in [0.15, 0.2) is 11.5 Å². The lowest BCUT2D eigenvalue weighted by Crippen LogP contribution is -2.56. The molecule has 2 aliphatic rings. The summed E-state index contributed by atoms with van der Waals surface area (Å²) in [5, 5.41) is 6.48. The van der Waals surface area contributed by atoms with Gasteiger partial charge in [0.25, 0.3) is 0 Å². The molecule has 1 aliphatic heterocycles. The van der Waals surface area contributed by atoms with E-state index < -0.39 is 0 Å². The van der Waals surface area contributed by atoms with E-state index in [4.69, 9.17) is 14.2 Å². The van der Waals surface area contributed by atoms with E-state index in [9.17, 15) is 0 Å². The maximum atomic E-state index is 6.77. The van der Waals surface area contributed by atoms with Crippen LogP contribution in [-0.2, 0) is 13.0 Å². The molecule has 0 amide bonds. The molecule has 4 heteroatoms. The molecule has 3 aromatic rings. The first kappa shape index (κ1) is 19.3. The van der Waals surface area contributed by atoms with Crippen LogP contribution in [0.3, 0.4) is 0 Å². The van der Waals surface area contributed by atoms with Crippen molar-refractivity contribution in [3.63, 3.8) is 0 Å². The number of methoxy groups -OCH3 is 2. The van der Waals surface area contributed by atoms with Crippen LogP contribution < -0.4 is 19.5 Å². The molecule has 1 spiro atoms. The van der Waals surface area contributed by atoms with Crippen LogP contribution in [0.15, 0.2) is 54.6 Å². The molecular formula is C26H29NO3. The van der Waals surface area contributed by atoms with Gasteiger partial charge in [-0.1, -0.05) is 48.5 Å². The Labute approximate surface area is 178 Å². The summed E-state index contributed by atoms with van der Waals surface area (Å²) < 4.78 is 18.0. The summed E-state index contributed by atoms with van der Waals surface area (Å²) in [6, 6.07) is 19.5. The summed E-state index contributed by atoms with van der Waals surface area (Å²) in [5.74, 6) is 2.31. The number of nitrogens with one attached hydrogen (secondary N) is 1. The van der Waals surface area contributed by atoms with Crippen LogP contribution in [-0.4, -0.2) is 25.9 Å². The third-order valence-electron chi connectivity index (χ3n) is 6.81. The molecule has 0 aromatic heterocycles. The maximum Gasteiger partial charge on any atom is 0.203 e. The summed E-state index contributed by atoms with van der Waals surface area (Å²) in [4.78, 5) is 0. The Bertz CT molecular complexity index is 1050. The second kappa shape index (κ2) is 7.84. The molecule has 1 unspecified atom stereocenters. The molecule has 0 bridgehead atoms. The number of fused-ring (bicyclic) bond motifs is 2. The fraction of sp³-hybridized carbons (Fsp3) is 0.385. The largest absolute Gasteiger partial charge is 0.493 e. The lowest BCUT2D eigenvalue weighted by molar-refractivity contribution is 0.0161. The van der Waals surface area contributed by atoms with E-state index in [2.05, 4.69) is 53.8 Å². The third-order valence-corrected chi connectivity index (χ3v) is 6.81. The van der Waals surface area contributed by atoms with Crippen LogP contribution in [0.4, 0.5) is 0 Å². The molecule has 1 fully saturated rings. The minimum Gasteiger partial charge on any atom is -0.493 e. The standard InChI is InChI=1S/C26H29NO3/c1-28-22-13-12-19-16-23(26(14-5-6-15-26)30-24(19)25(22)29-2)27-17-20-10-7-9-18-8-3-4-11-21(18)20/h3-4,7-13,23,27H,5-6,14-17H2,1-2H3. The van der Waals surface area contributed by atoms with E-state index in [-0.39, 0.29) is 11.6 Å². The normalized spacial score (nSPS) is 19.5. The molecule has 1 atom stereocenters. The Kier molecular flexibility index (Phi) is 5.03. The predicted octanol–water partition coefficient (Wildman–Crippen LogP) is 5.26. The van der Waals surface area contributed by atoms with E-state index in [0.29, 0.717) is 5.75 Å². The quantitative estimate of drug-likeness (QED) is 0.631. The molecule has 30 heavy (non-hydrogen) atoms. The molecule has 4 nitrogen and oxygen atoms in total. The third kappa shape index (κ3) is 3.20. The van der Waals surface area contributed by atoms with Crippen molar-refractivity contribution in [3.8, 4) is 17.2 Å². The second-order valence-corrected chi connectivity index (χ2v) is 8.44. The van der Waals surface area contributed by atoms with Crippen molar-refractivity contribution in [1.29, 1.82) is 0 Å². The highest BCUT2D eigenvalue weighted by Gasteiger charge is 2.47. The molecule has 5 rings (SSSR count). The number of ether oxygens (including phenoxy) is 3. The molecule has 1 heterocycles. The summed E-state index contributed by atoms with van der Waals surface area (Å²) in [6.07, 6.45) is 5.47. The van der Waals surface area contributed by atoms with Gasteiger partial charge in [0.1, 0.15) is 5.60 Å². The average Bonchev–Trinajstić information content (AvgIpc) is 3.25. The Hall–Kier alpha value is -2.72. The van der Waals surface area contributed by atoms with Crippen molar-refractivity contribution in [2.45, 2.75) is 50.3 Å². The molecule has 1 aliphatic carbocycles. The lowest BCUT2D eigenvalue weighted by atomic mass is 9.84. The van der Waals surface area contributed by atoms with Gasteiger partial charge in [-0.2, -0.15) is 0 Å². The monoisotopic (exact) mass is 403 g/mol. The number of rotatable bonds is 5. The molecule has 1 N–H and O–H groups in total. The molecule has 0 saturated heterocycles. The summed E-state index contributed by atoms with van der Waals surface area (Å²) in [6.45, 7) is 0.833. The highest BCUT2D eigenvalue weighted by atomic mass is 16.5. The zero-order valence-electron chi connectivity index (χ0n) is 17.7. The smallest absolute Gasteiger partial charge is 0.203 e. The topological polar surface area (TPSA) is 39.7 Å². The predicted molar refractivity (Wildman–Crippen MR) is 120 cm³/mol. The maximum absolute atomic E-state index is 6.77. The van der Waals surface area contributed by atoms with Crippen LogP contribution in [0.2, 0.25) is 0 Å². The van der Waals surface area contributed by atoms with Gasteiger partial charge < -0.3 is 19.5 Å². The van der Waals surface area contributed by atoms with Gasteiger partial charge in [-0.15, -0.1) is 0 Å². The van der Waals surface area contributed by atoms with Gasteiger partial charge in [0.2, 0.25) is 5.75 Å². The van der Waals surface area contributed by atoms with Gasteiger partial charge in [-0.05, 0) is 54.5 Å². The summed E-state index contributed by atoms with van der Waals surface area (Å²) in [5.41, 5.74) is 2.33. The van der Waals surface area contributed by atoms with Crippen LogP contribution in [0, 0.1) is 0 Å². The summed E-state index contributed by atoms with van der Waals surface area (Å²) >= 11 is 0. The van der Waals surface area contributed by atoms with Crippen LogP contribution >= 0.6 is 0 Å². The SMILES string of the molecule is COc1ccc2c(c1OC)OC1(CCCC1)C(NCc1cccc3ccccc13)C2. The summed E-state index contributed by atoms with van der Waals surface area (Å²) in [7, 11) is 3.36. The fourth-order valence-electron chi connectivity index (χ4n) is 5.25. The van der Waals surface area contributed by atoms with Gasteiger partial charge in [-0.3, -0.25) is 0 Å². The zero-order chi connectivity index (χ0) is 20.6. The fourth-order valence-corrected chi connectivity index (χ4v) is 5.25. The first-order valence-corrected chi connectivity index (χ1v) is 10.9. The number of hydrogen-bond donors (Lipinski definition) is 1. The van der Waals surface area contributed by atoms with Gasteiger partial charge in [-0.25, -0.2) is 0 Å².